The molecule has 0 N–H and O–H groups in total. The third kappa shape index (κ3) is 3.53. The molecule has 3 rings (SSSR count). The molecule has 0 saturated carbocycles. The number of aliphatic imine (C=N–C) groups is 1. The van der Waals surface area contributed by atoms with Gasteiger partial charge in [-0.15, -0.1) is 0 Å². The van der Waals surface area contributed by atoms with E-state index in [1.807, 2.05) is 30.3 Å². The number of ether oxygens (including phenoxy) is 1. The van der Waals surface area contributed by atoms with Gasteiger partial charge < -0.3 is 4.74 Å². The fraction of sp³-hybridized carbons (Fsp3) is 0.286. The van der Waals surface area contributed by atoms with E-state index < -0.39 is 0 Å². The quantitative estimate of drug-likeness (QED) is 0.615. The van der Waals surface area contributed by atoms with Crippen molar-refractivity contribution in [1.29, 1.82) is 0 Å². The van der Waals surface area contributed by atoms with Gasteiger partial charge in [0.1, 0.15) is 12.0 Å². The van der Waals surface area contributed by atoms with Crippen LogP contribution in [0.3, 0.4) is 0 Å². The first-order valence-electron chi connectivity index (χ1n) is 8.27. The molecule has 0 radical (unpaired) electrons. The zero-order chi connectivity index (χ0) is 18.0. The zero-order valence-corrected chi connectivity index (χ0v) is 14.7. The topological polar surface area (TPSA) is 55.7 Å². The summed E-state index contributed by atoms with van der Waals surface area (Å²) in [4.78, 5) is 28.8. The van der Waals surface area contributed by atoms with E-state index in [1.54, 1.807) is 19.2 Å². The van der Waals surface area contributed by atoms with Crippen molar-refractivity contribution in [2.24, 2.45) is 4.99 Å². The average molecular weight is 335 g/mol. The maximum absolute atomic E-state index is 12.8. The Morgan fingerprint density at radius 3 is 2.72 bits per heavy atom. The minimum Gasteiger partial charge on any atom is -0.496 e. The van der Waals surface area contributed by atoms with E-state index in [2.05, 4.69) is 13.8 Å². The first kappa shape index (κ1) is 17.1. The van der Waals surface area contributed by atoms with Crippen molar-refractivity contribution in [3.05, 3.63) is 64.7 Å². The standard InChI is InChI=1S/C21H21NO3/c1-21(2)12-15-9-8-14(13-23)10-17(15)18(22-21)11-19(24)16-6-4-5-7-20(16)25-3/h4-10,13H,11-12H2,1-3H3. The molecule has 1 aliphatic heterocycles. The third-order valence-corrected chi connectivity index (χ3v) is 4.38. The molecular weight excluding hydrogens is 314 g/mol. The summed E-state index contributed by atoms with van der Waals surface area (Å²) in [6.45, 7) is 4.11. The lowest BCUT2D eigenvalue weighted by molar-refractivity contribution is 0.0997. The summed E-state index contributed by atoms with van der Waals surface area (Å²) < 4.78 is 5.30. The number of carbonyl (C=O) groups excluding carboxylic acids is 2. The molecule has 0 aliphatic carbocycles. The van der Waals surface area contributed by atoms with Crippen molar-refractivity contribution in [2.45, 2.75) is 32.2 Å². The Balaban J connectivity index is 1.99. The number of rotatable bonds is 5. The molecular formula is C21H21NO3. The van der Waals surface area contributed by atoms with Gasteiger partial charge in [0.05, 0.1) is 30.3 Å². The monoisotopic (exact) mass is 335 g/mol. The fourth-order valence-corrected chi connectivity index (χ4v) is 3.28. The van der Waals surface area contributed by atoms with Gasteiger partial charge in [-0.1, -0.05) is 24.3 Å². The highest BCUT2D eigenvalue weighted by Gasteiger charge is 2.28. The van der Waals surface area contributed by atoms with E-state index in [1.165, 1.54) is 0 Å². The number of fused-ring (bicyclic) bond motifs is 1. The van der Waals surface area contributed by atoms with Crippen LogP contribution in [-0.2, 0) is 6.42 Å². The number of ketones is 1. The van der Waals surface area contributed by atoms with Gasteiger partial charge in [-0.25, -0.2) is 0 Å². The zero-order valence-electron chi connectivity index (χ0n) is 14.7. The minimum absolute atomic E-state index is 0.0450. The maximum Gasteiger partial charge on any atom is 0.172 e. The van der Waals surface area contributed by atoms with E-state index in [4.69, 9.17) is 9.73 Å². The Bertz CT molecular complexity index is 865. The first-order valence-corrected chi connectivity index (χ1v) is 8.27. The largest absolute Gasteiger partial charge is 0.496 e. The highest BCUT2D eigenvalue weighted by atomic mass is 16.5. The summed E-state index contributed by atoms with van der Waals surface area (Å²) in [5, 5.41) is 0. The number of para-hydroxylation sites is 1. The molecule has 0 unspecified atom stereocenters. The average Bonchev–Trinajstić information content (AvgIpc) is 2.60. The lowest BCUT2D eigenvalue weighted by Crippen LogP contribution is -2.30. The SMILES string of the molecule is COc1ccccc1C(=O)CC1=NC(C)(C)Cc2ccc(C=O)cc21. The maximum atomic E-state index is 12.8. The Morgan fingerprint density at radius 2 is 2.00 bits per heavy atom. The summed E-state index contributed by atoms with van der Waals surface area (Å²) in [6.07, 6.45) is 1.78. The van der Waals surface area contributed by atoms with Gasteiger partial charge in [0.15, 0.2) is 5.78 Å². The van der Waals surface area contributed by atoms with Crippen molar-refractivity contribution in [3.8, 4) is 5.75 Å². The summed E-state index contributed by atoms with van der Waals surface area (Å²) in [6, 6.07) is 12.8. The number of aldehydes is 1. The molecule has 0 spiro atoms. The summed E-state index contributed by atoms with van der Waals surface area (Å²) in [5.74, 6) is 0.515. The third-order valence-electron chi connectivity index (χ3n) is 4.38. The summed E-state index contributed by atoms with van der Waals surface area (Å²) in [5.41, 5.74) is 3.61. The molecule has 1 heterocycles. The highest BCUT2D eigenvalue weighted by Crippen LogP contribution is 2.30. The Morgan fingerprint density at radius 1 is 1.24 bits per heavy atom. The van der Waals surface area contributed by atoms with E-state index >= 15 is 0 Å². The first-order chi connectivity index (χ1) is 11.9. The predicted molar refractivity (Wildman–Crippen MR) is 98.1 cm³/mol. The number of methoxy groups -OCH3 is 1. The van der Waals surface area contributed by atoms with Crippen LogP contribution in [0.4, 0.5) is 0 Å². The number of Topliss-reactive ketones (excluding diaryl/α,β-unsaturated/α-hetero) is 1. The van der Waals surface area contributed by atoms with Crippen molar-refractivity contribution in [1.82, 2.24) is 0 Å². The second-order valence-corrected chi connectivity index (χ2v) is 6.88. The molecule has 2 aromatic carbocycles. The number of hydrogen-bond donors (Lipinski definition) is 0. The molecule has 1 aliphatic rings. The van der Waals surface area contributed by atoms with Crippen LogP contribution in [0.1, 0.15) is 52.1 Å². The molecule has 0 amide bonds. The van der Waals surface area contributed by atoms with Gasteiger partial charge in [0, 0.05) is 5.56 Å². The van der Waals surface area contributed by atoms with Crippen molar-refractivity contribution >= 4 is 17.8 Å². The molecule has 2 aromatic rings. The number of nitrogens with zero attached hydrogens (tertiary/aromatic N) is 1. The van der Waals surface area contributed by atoms with Crippen LogP contribution in [0.2, 0.25) is 0 Å². The van der Waals surface area contributed by atoms with Crippen LogP contribution in [-0.4, -0.2) is 30.4 Å². The van der Waals surface area contributed by atoms with Crippen molar-refractivity contribution in [3.63, 3.8) is 0 Å². The lowest BCUT2D eigenvalue weighted by atomic mass is 9.84. The number of carbonyl (C=O) groups is 2. The Kier molecular flexibility index (Phi) is 4.53. The Labute approximate surface area is 147 Å². The van der Waals surface area contributed by atoms with Crippen LogP contribution in [0.5, 0.6) is 5.75 Å². The van der Waals surface area contributed by atoms with Crippen LogP contribution < -0.4 is 4.74 Å². The second-order valence-electron chi connectivity index (χ2n) is 6.88. The van der Waals surface area contributed by atoms with Crippen LogP contribution >= 0.6 is 0 Å². The molecule has 0 fully saturated rings. The van der Waals surface area contributed by atoms with Gasteiger partial charge in [0.25, 0.3) is 0 Å². The van der Waals surface area contributed by atoms with Crippen LogP contribution in [0.25, 0.3) is 0 Å². The van der Waals surface area contributed by atoms with E-state index in [0.29, 0.717) is 16.9 Å². The van der Waals surface area contributed by atoms with Gasteiger partial charge in [-0.05, 0) is 49.6 Å². The molecule has 4 heteroatoms. The fourth-order valence-electron chi connectivity index (χ4n) is 3.28. The molecule has 0 aromatic heterocycles. The van der Waals surface area contributed by atoms with Crippen LogP contribution in [0.15, 0.2) is 47.5 Å². The van der Waals surface area contributed by atoms with E-state index in [9.17, 15) is 9.59 Å². The van der Waals surface area contributed by atoms with E-state index in [0.717, 1.165) is 29.5 Å². The molecule has 0 saturated heterocycles. The van der Waals surface area contributed by atoms with Crippen molar-refractivity contribution in [2.75, 3.05) is 7.11 Å². The Hall–Kier alpha value is -2.75. The summed E-state index contributed by atoms with van der Waals surface area (Å²) in [7, 11) is 1.55. The lowest BCUT2D eigenvalue weighted by Gasteiger charge is -2.29. The summed E-state index contributed by atoms with van der Waals surface area (Å²) >= 11 is 0. The van der Waals surface area contributed by atoms with Gasteiger partial charge in [-0.2, -0.15) is 0 Å². The smallest absolute Gasteiger partial charge is 0.172 e. The predicted octanol–water partition coefficient (Wildman–Crippen LogP) is 3.90. The molecule has 0 atom stereocenters. The van der Waals surface area contributed by atoms with Gasteiger partial charge in [0.2, 0.25) is 0 Å². The minimum atomic E-state index is -0.272. The highest BCUT2D eigenvalue weighted by molar-refractivity contribution is 6.17. The normalized spacial score (nSPS) is 15.1. The number of benzene rings is 2. The van der Waals surface area contributed by atoms with Gasteiger partial charge >= 0.3 is 0 Å². The molecule has 25 heavy (non-hydrogen) atoms. The van der Waals surface area contributed by atoms with Crippen LogP contribution in [0, 0.1) is 0 Å². The van der Waals surface area contributed by atoms with Gasteiger partial charge in [-0.3, -0.25) is 14.6 Å². The second kappa shape index (κ2) is 6.63. The molecule has 128 valence electrons. The molecule has 4 nitrogen and oxygen atoms in total. The number of hydrogen-bond acceptors (Lipinski definition) is 4. The van der Waals surface area contributed by atoms with E-state index in [-0.39, 0.29) is 17.7 Å². The molecule has 0 bridgehead atoms. The van der Waals surface area contributed by atoms with Crippen molar-refractivity contribution < 1.29 is 14.3 Å².